The Morgan fingerprint density at radius 1 is 0.339 bits per heavy atom. The molecule has 9 aromatic carbocycles. The zero-order valence-electron chi connectivity index (χ0n) is 33.9. The predicted octanol–water partition coefficient (Wildman–Crippen LogP) is 16.0. The van der Waals surface area contributed by atoms with E-state index < -0.39 is 0 Å². The third kappa shape index (κ3) is 5.86. The van der Waals surface area contributed by atoms with Crippen molar-refractivity contribution in [2.75, 3.05) is 4.90 Å². The van der Waals surface area contributed by atoms with E-state index in [0.717, 1.165) is 44.8 Å². The molecule has 0 aliphatic carbocycles. The van der Waals surface area contributed by atoms with E-state index in [9.17, 15) is 0 Å². The molecule has 0 unspecified atom stereocenters. The monoisotopic (exact) mass is 789 g/mol. The Balaban J connectivity index is 1.02. The molecule has 0 saturated heterocycles. The third-order valence-corrected chi connectivity index (χ3v) is 12.4. The summed E-state index contributed by atoms with van der Waals surface area (Å²) in [5.74, 6) is 0. The Kier molecular flexibility index (Phi) is 8.50. The molecule has 62 heavy (non-hydrogen) atoms. The van der Waals surface area contributed by atoms with Crippen LogP contribution in [0.3, 0.4) is 0 Å². The van der Waals surface area contributed by atoms with E-state index in [4.69, 9.17) is 4.98 Å². The lowest BCUT2D eigenvalue weighted by Gasteiger charge is -2.28. The van der Waals surface area contributed by atoms with Crippen LogP contribution in [0.2, 0.25) is 0 Å². The van der Waals surface area contributed by atoms with Crippen molar-refractivity contribution in [3.63, 3.8) is 0 Å². The summed E-state index contributed by atoms with van der Waals surface area (Å²) in [6.45, 7) is 0. The Morgan fingerprint density at radius 2 is 0.887 bits per heavy atom. The van der Waals surface area contributed by atoms with E-state index in [0.29, 0.717) is 0 Å². The van der Waals surface area contributed by atoms with Crippen LogP contribution in [0.15, 0.2) is 237 Å². The maximum absolute atomic E-state index is 4.70. The lowest BCUT2D eigenvalue weighted by Crippen LogP contribution is -2.11. The standard InChI is InChI=1S/C59H39N3/c1-3-15-40(16-4-1)46-34-37-56(52(39-46)43-17-5-2-6-18-43)62-54-26-11-8-22-50(54)57-49-21-7-10-25-53(49)61(55-27-12-9-23-51(55)59(57)62)47-35-32-42(33-36-47)41-28-30-44(31-29-41)48-24-13-19-45-20-14-38-60-58(45)48/h1-39H. The number of hydrogen-bond acceptors (Lipinski definition) is 2. The number of para-hydroxylation sites is 4. The molecule has 1 aliphatic rings. The van der Waals surface area contributed by atoms with Gasteiger partial charge in [-0.25, -0.2) is 0 Å². The van der Waals surface area contributed by atoms with Crippen LogP contribution in [-0.2, 0) is 0 Å². The van der Waals surface area contributed by atoms with Crippen molar-refractivity contribution in [2.45, 2.75) is 0 Å². The molecule has 0 N–H and O–H groups in total. The van der Waals surface area contributed by atoms with Gasteiger partial charge in [0.05, 0.1) is 33.8 Å². The number of nitrogens with zero attached hydrogens (tertiary/aromatic N) is 3. The summed E-state index contributed by atoms with van der Waals surface area (Å²) in [5.41, 5.74) is 20.9. The average molecular weight is 790 g/mol. The Morgan fingerprint density at radius 3 is 1.66 bits per heavy atom. The second-order valence-electron chi connectivity index (χ2n) is 15.9. The van der Waals surface area contributed by atoms with Gasteiger partial charge >= 0.3 is 0 Å². The number of fused-ring (bicyclic) bond motifs is 8. The number of aromatic nitrogens is 2. The first-order chi connectivity index (χ1) is 30.8. The van der Waals surface area contributed by atoms with E-state index in [1.165, 1.54) is 66.7 Å². The quantitative estimate of drug-likeness (QED) is 0.167. The summed E-state index contributed by atoms with van der Waals surface area (Å²) < 4.78 is 2.52. The summed E-state index contributed by atoms with van der Waals surface area (Å²) in [6, 6.07) is 83.6. The molecular weight excluding hydrogens is 751 g/mol. The minimum absolute atomic E-state index is 1.02. The van der Waals surface area contributed by atoms with Gasteiger partial charge in [-0.3, -0.25) is 4.98 Å². The van der Waals surface area contributed by atoms with Crippen molar-refractivity contribution in [1.29, 1.82) is 0 Å². The largest absolute Gasteiger partial charge is 0.309 e. The van der Waals surface area contributed by atoms with Crippen molar-refractivity contribution >= 4 is 38.9 Å². The molecule has 290 valence electrons. The van der Waals surface area contributed by atoms with Crippen LogP contribution in [0.1, 0.15) is 0 Å². The van der Waals surface area contributed by atoms with Gasteiger partial charge in [0.25, 0.3) is 0 Å². The first-order valence-corrected chi connectivity index (χ1v) is 21.2. The summed E-state index contributed by atoms with van der Waals surface area (Å²) in [5, 5.41) is 2.36. The van der Waals surface area contributed by atoms with E-state index in [1.54, 1.807) is 0 Å². The van der Waals surface area contributed by atoms with Gasteiger partial charge in [-0.2, -0.15) is 0 Å². The Labute approximate surface area is 361 Å². The van der Waals surface area contributed by atoms with Crippen LogP contribution in [0.25, 0.3) is 94.4 Å². The molecule has 12 rings (SSSR count). The number of anilines is 3. The van der Waals surface area contributed by atoms with Gasteiger partial charge < -0.3 is 9.47 Å². The highest BCUT2D eigenvalue weighted by Crippen LogP contribution is 2.55. The molecule has 0 spiro atoms. The lowest BCUT2D eigenvalue weighted by atomic mass is 9.96. The van der Waals surface area contributed by atoms with Crippen LogP contribution < -0.4 is 4.90 Å². The smallest absolute Gasteiger partial charge is 0.0780 e. The molecule has 11 aromatic rings. The molecule has 2 aromatic heterocycles. The maximum atomic E-state index is 4.70. The van der Waals surface area contributed by atoms with Crippen LogP contribution in [0, 0.1) is 0 Å². The van der Waals surface area contributed by atoms with Gasteiger partial charge in [-0.05, 0) is 81.9 Å². The first kappa shape index (κ1) is 35.7. The van der Waals surface area contributed by atoms with Crippen LogP contribution in [-0.4, -0.2) is 9.55 Å². The highest BCUT2D eigenvalue weighted by atomic mass is 15.2. The van der Waals surface area contributed by atoms with Crippen LogP contribution in [0.4, 0.5) is 17.1 Å². The predicted molar refractivity (Wildman–Crippen MR) is 259 cm³/mol. The van der Waals surface area contributed by atoms with Crippen LogP contribution >= 0.6 is 0 Å². The second kappa shape index (κ2) is 14.8. The van der Waals surface area contributed by atoms with Gasteiger partial charge in [0, 0.05) is 50.5 Å². The van der Waals surface area contributed by atoms with Crippen molar-refractivity contribution in [3.05, 3.63) is 237 Å². The minimum atomic E-state index is 1.02. The summed E-state index contributed by atoms with van der Waals surface area (Å²) in [7, 11) is 0. The molecule has 3 heteroatoms. The molecule has 0 atom stereocenters. The summed E-state index contributed by atoms with van der Waals surface area (Å²) in [6.07, 6.45) is 1.87. The summed E-state index contributed by atoms with van der Waals surface area (Å²) in [4.78, 5) is 7.14. The van der Waals surface area contributed by atoms with Crippen molar-refractivity contribution in [2.24, 2.45) is 0 Å². The lowest BCUT2D eigenvalue weighted by molar-refractivity contribution is 1.14. The van der Waals surface area contributed by atoms with E-state index >= 15 is 0 Å². The SMILES string of the molecule is c1ccc(-c2ccc(-n3c4c(c5ccccc53)-c3ccccc3N(c3ccc(-c5ccc(-c6cccc7cccnc67)cc5)cc3)c3ccccc3-4)c(-c3ccccc3)c2)cc1. The first-order valence-electron chi connectivity index (χ1n) is 21.2. The zero-order chi connectivity index (χ0) is 41.0. The number of rotatable bonds is 6. The number of hydrogen-bond donors (Lipinski definition) is 0. The van der Waals surface area contributed by atoms with Crippen molar-refractivity contribution in [3.8, 4) is 72.6 Å². The minimum Gasteiger partial charge on any atom is -0.309 e. The molecule has 1 aliphatic heterocycles. The highest BCUT2D eigenvalue weighted by molar-refractivity contribution is 6.13. The Hall–Kier alpha value is -8.27. The fourth-order valence-corrected chi connectivity index (χ4v) is 9.55. The van der Waals surface area contributed by atoms with Crippen LogP contribution in [0.5, 0.6) is 0 Å². The van der Waals surface area contributed by atoms with E-state index in [2.05, 4.69) is 234 Å². The van der Waals surface area contributed by atoms with Crippen molar-refractivity contribution in [1.82, 2.24) is 9.55 Å². The molecule has 0 amide bonds. The van der Waals surface area contributed by atoms with E-state index in [-0.39, 0.29) is 0 Å². The highest BCUT2D eigenvalue weighted by Gasteiger charge is 2.32. The molecular formula is C59H39N3. The molecule has 3 heterocycles. The van der Waals surface area contributed by atoms with Gasteiger partial charge in [0.1, 0.15) is 0 Å². The van der Waals surface area contributed by atoms with Gasteiger partial charge in [0.15, 0.2) is 0 Å². The number of pyridine rings is 1. The van der Waals surface area contributed by atoms with E-state index in [1.807, 2.05) is 12.3 Å². The fraction of sp³-hybridized carbons (Fsp3) is 0. The fourth-order valence-electron chi connectivity index (χ4n) is 9.55. The number of benzene rings is 9. The van der Waals surface area contributed by atoms with Gasteiger partial charge in [0.2, 0.25) is 0 Å². The molecule has 0 fully saturated rings. The average Bonchev–Trinajstić information content (AvgIpc) is 3.63. The second-order valence-corrected chi connectivity index (χ2v) is 15.9. The third-order valence-electron chi connectivity index (χ3n) is 12.4. The zero-order valence-corrected chi connectivity index (χ0v) is 33.9. The van der Waals surface area contributed by atoms with Gasteiger partial charge in [-0.15, -0.1) is 0 Å². The molecule has 0 saturated carbocycles. The van der Waals surface area contributed by atoms with Crippen molar-refractivity contribution < 1.29 is 0 Å². The van der Waals surface area contributed by atoms with Gasteiger partial charge in [-0.1, -0.05) is 182 Å². The molecule has 0 bridgehead atoms. The topological polar surface area (TPSA) is 21.1 Å². The normalized spacial score (nSPS) is 11.8. The molecule has 0 radical (unpaired) electrons. The Bertz CT molecular complexity index is 3430. The summed E-state index contributed by atoms with van der Waals surface area (Å²) >= 11 is 0. The maximum Gasteiger partial charge on any atom is 0.0780 e. The molecule has 3 nitrogen and oxygen atoms in total.